The first-order valence-electron chi connectivity index (χ1n) is 12.7. The van der Waals surface area contributed by atoms with E-state index in [-0.39, 0.29) is 17.2 Å². The van der Waals surface area contributed by atoms with Gasteiger partial charge in [0.1, 0.15) is 5.75 Å². The van der Waals surface area contributed by atoms with Crippen LogP contribution in [0.1, 0.15) is 58.4 Å². The molecule has 1 aromatic carbocycles. The molecule has 0 aromatic heterocycles. The second kappa shape index (κ2) is 12.2. The second-order valence-corrected chi connectivity index (χ2v) is 9.47. The highest BCUT2D eigenvalue weighted by Gasteiger charge is 2.42. The number of rotatable bonds is 10. The lowest BCUT2D eigenvalue weighted by Crippen LogP contribution is -2.45. The molecule has 1 aromatic rings. The normalized spacial score (nSPS) is 17.9. The van der Waals surface area contributed by atoms with Crippen LogP contribution in [-0.2, 0) is 9.59 Å². The summed E-state index contributed by atoms with van der Waals surface area (Å²) in [6.45, 7) is 12.6. The Labute approximate surface area is 199 Å². The summed E-state index contributed by atoms with van der Waals surface area (Å²) in [5.74, 6) is 1.12. The van der Waals surface area contributed by atoms with Crippen LogP contribution in [0.3, 0.4) is 0 Å². The fourth-order valence-corrected chi connectivity index (χ4v) is 5.12. The minimum atomic E-state index is 0.0526. The summed E-state index contributed by atoms with van der Waals surface area (Å²) in [6, 6.07) is 7.78. The lowest BCUT2D eigenvalue weighted by atomic mass is 9.78. The van der Waals surface area contributed by atoms with E-state index in [1.807, 2.05) is 42.2 Å². The van der Waals surface area contributed by atoms with Gasteiger partial charge in [0.15, 0.2) is 0 Å². The summed E-state index contributed by atoms with van der Waals surface area (Å²) in [7, 11) is 0. The van der Waals surface area contributed by atoms with Gasteiger partial charge in [0.25, 0.3) is 0 Å². The molecule has 2 amide bonds. The molecule has 2 heterocycles. The smallest absolute Gasteiger partial charge is 0.246 e. The lowest BCUT2D eigenvalue weighted by Gasteiger charge is -2.39. The first kappa shape index (κ1) is 25.3. The molecule has 1 spiro atoms. The molecule has 0 aliphatic carbocycles. The van der Waals surface area contributed by atoms with E-state index >= 15 is 0 Å². The highest BCUT2D eigenvalue weighted by molar-refractivity contribution is 5.92. The largest absolute Gasteiger partial charge is 0.493 e. The van der Waals surface area contributed by atoms with Gasteiger partial charge in [-0.2, -0.15) is 0 Å². The van der Waals surface area contributed by atoms with Gasteiger partial charge in [-0.3, -0.25) is 14.5 Å². The van der Waals surface area contributed by atoms with Crippen molar-refractivity contribution in [2.24, 2.45) is 5.41 Å². The number of nitrogens with zero attached hydrogens (tertiary/aromatic N) is 3. The zero-order valence-corrected chi connectivity index (χ0v) is 20.7. The van der Waals surface area contributed by atoms with Crippen LogP contribution >= 0.6 is 0 Å². The lowest BCUT2D eigenvalue weighted by molar-refractivity contribution is -0.133. The number of benzene rings is 1. The highest BCUT2D eigenvalue weighted by Crippen LogP contribution is 2.40. The Morgan fingerprint density at radius 3 is 2.27 bits per heavy atom. The van der Waals surface area contributed by atoms with E-state index in [1.165, 1.54) is 0 Å². The SMILES string of the molecule is CCCN(CCC)CC(=O)N1CCC2(CCN(C(=O)/C=C/c3ccccc3OCC)CC2)C1. The van der Waals surface area contributed by atoms with Gasteiger partial charge in [0, 0.05) is 37.8 Å². The maximum absolute atomic E-state index is 12.9. The Balaban J connectivity index is 1.50. The fourth-order valence-electron chi connectivity index (χ4n) is 5.12. The van der Waals surface area contributed by atoms with E-state index in [2.05, 4.69) is 23.6 Å². The van der Waals surface area contributed by atoms with Crippen molar-refractivity contribution in [1.29, 1.82) is 0 Å². The highest BCUT2D eigenvalue weighted by atomic mass is 16.5. The van der Waals surface area contributed by atoms with Crippen molar-refractivity contribution in [3.63, 3.8) is 0 Å². The van der Waals surface area contributed by atoms with Gasteiger partial charge in [-0.15, -0.1) is 0 Å². The first-order valence-corrected chi connectivity index (χ1v) is 12.7. The Hall–Kier alpha value is -2.34. The Kier molecular flexibility index (Phi) is 9.36. The molecule has 6 heteroatoms. The number of ether oxygens (including phenoxy) is 1. The standard InChI is InChI=1S/C27H41N3O3/c1-4-16-28(17-5-2)21-26(32)30-20-15-27(22-30)13-18-29(19-14-27)25(31)12-11-23-9-7-8-10-24(23)33-6-3/h7-12H,4-6,13-22H2,1-3H3/b12-11+. The van der Waals surface area contributed by atoms with Crippen LogP contribution in [-0.4, -0.2) is 78.9 Å². The molecule has 2 aliphatic rings. The zero-order chi connectivity index (χ0) is 23.7. The van der Waals surface area contributed by atoms with Gasteiger partial charge >= 0.3 is 0 Å². The molecular formula is C27H41N3O3. The maximum Gasteiger partial charge on any atom is 0.246 e. The van der Waals surface area contributed by atoms with Gasteiger partial charge in [0.2, 0.25) is 11.8 Å². The topological polar surface area (TPSA) is 53.1 Å². The van der Waals surface area contributed by atoms with Gasteiger partial charge in [0.05, 0.1) is 13.2 Å². The molecule has 6 nitrogen and oxygen atoms in total. The van der Waals surface area contributed by atoms with Crippen LogP contribution in [0.4, 0.5) is 0 Å². The summed E-state index contributed by atoms with van der Waals surface area (Å²) in [5.41, 5.74) is 1.10. The minimum absolute atomic E-state index is 0.0526. The number of piperidine rings is 1. The monoisotopic (exact) mass is 455 g/mol. The van der Waals surface area contributed by atoms with Gasteiger partial charge in [-0.1, -0.05) is 32.0 Å². The van der Waals surface area contributed by atoms with E-state index in [0.717, 1.165) is 82.7 Å². The van der Waals surface area contributed by atoms with E-state index in [9.17, 15) is 9.59 Å². The number of carbonyl (C=O) groups is 2. The average molecular weight is 456 g/mol. The predicted octanol–water partition coefficient (Wildman–Crippen LogP) is 4.06. The zero-order valence-electron chi connectivity index (χ0n) is 20.7. The number of hydrogen-bond acceptors (Lipinski definition) is 4. The quantitative estimate of drug-likeness (QED) is 0.499. The van der Waals surface area contributed by atoms with E-state index in [0.29, 0.717) is 13.2 Å². The molecule has 0 unspecified atom stereocenters. The molecule has 2 aliphatic heterocycles. The number of carbonyl (C=O) groups excluding carboxylic acids is 2. The maximum atomic E-state index is 12.9. The van der Waals surface area contributed by atoms with Crippen LogP contribution in [0, 0.1) is 5.41 Å². The van der Waals surface area contributed by atoms with E-state index in [1.54, 1.807) is 6.08 Å². The number of likely N-dealkylation sites (tertiary alicyclic amines) is 2. The third-order valence-electron chi connectivity index (χ3n) is 6.99. The molecule has 2 saturated heterocycles. The van der Waals surface area contributed by atoms with Crippen LogP contribution in [0.15, 0.2) is 30.3 Å². The summed E-state index contributed by atoms with van der Waals surface area (Å²) in [6.07, 6.45) is 8.67. The van der Waals surface area contributed by atoms with Crippen LogP contribution in [0.5, 0.6) is 5.75 Å². The summed E-state index contributed by atoms with van der Waals surface area (Å²) in [5, 5.41) is 0. The molecule has 0 saturated carbocycles. The predicted molar refractivity (Wildman–Crippen MR) is 133 cm³/mol. The molecule has 0 radical (unpaired) electrons. The third kappa shape index (κ3) is 6.83. The van der Waals surface area contributed by atoms with Crippen molar-refractivity contribution in [2.75, 3.05) is 52.4 Å². The number of hydrogen-bond donors (Lipinski definition) is 0. The first-order chi connectivity index (χ1) is 16.0. The minimum Gasteiger partial charge on any atom is -0.493 e. The van der Waals surface area contributed by atoms with Crippen molar-refractivity contribution in [2.45, 2.75) is 52.9 Å². The summed E-state index contributed by atoms with van der Waals surface area (Å²) >= 11 is 0. The van der Waals surface area contributed by atoms with Gasteiger partial charge in [-0.05, 0) is 69.7 Å². The van der Waals surface area contributed by atoms with Gasteiger partial charge in [-0.25, -0.2) is 0 Å². The van der Waals surface area contributed by atoms with Crippen LogP contribution in [0.2, 0.25) is 0 Å². The molecule has 0 bridgehead atoms. The van der Waals surface area contributed by atoms with Crippen molar-refractivity contribution >= 4 is 17.9 Å². The van der Waals surface area contributed by atoms with Crippen molar-refractivity contribution in [3.8, 4) is 5.75 Å². The molecule has 3 rings (SSSR count). The van der Waals surface area contributed by atoms with Crippen LogP contribution in [0.25, 0.3) is 6.08 Å². The molecule has 182 valence electrons. The van der Waals surface area contributed by atoms with E-state index in [4.69, 9.17) is 4.74 Å². The van der Waals surface area contributed by atoms with E-state index < -0.39 is 0 Å². The molecule has 2 fully saturated rings. The van der Waals surface area contributed by atoms with Gasteiger partial charge < -0.3 is 14.5 Å². The Bertz CT molecular complexity index is 809. The number of para-hydroxylation sites is 1. The summed E-state index contributed by atoms with van der Waals surface area (Å²) in [4.78, 5) is 32.0. The van der Waals surface area contributed by atoms with Crippen LogP contribution < -0.4 is 4.74 Å². The van der Waals surface area contributed by atoms with Crippen molar-refractivity contribution in [1.82, 2.24) is 14.7 Å². The third-order valence-corrected chi connectivity index (χ3v) is 6.99. The molecule has 0 atom stereocenters. The van der Waals surface area contributed by atoms with Crippen molar-refractivity contribution < 1.29 is 14.3 Å². The van der Waals surface area contributed by atoms with Crippen molar-refractivity contribution in [3.05, 3.63) is 35.9 Å². The molecular weight excluding hydrogens is 414 g/mol. The Morgan fingerprint density at radius 1 is 1.00 bits per heavy atom. The molecule has 33 heavy (non-hydrogen) atoms. The second-order valence-electron chi connectivity index (χ2n) is 9.47. The number of amides is 2. The molecule has 0 N–H and O–H groups in total. The fraction of sp³-hybridized carbons (Fsp3) is 0.630. The Morgan fingerprint density at radius 2 is 1.64 bits per heavy atom. The summed E-state index contributed by atoms with van der Waals surface area (Å²) < 4.78 is 5.65. The average Bonchev–Trinajstić information content (AvgIpc) is 3.23.